The van der Waals surface area contributed by atoms with Crippen molar-refractivity contribution in [2.24, 2.45) is 10.9 Å². The summed E-state index contributed by atoms with van der Waals surface area (Å²) in [7, 11) is 0. The Kier molecular flexibility index (Phi) is 7.17. The van der Waals surface area contributed by atoms with Crippen molar-refractivity contribution >= 4 is 51.8 Å². The molecule has 0 saturated heterocycles. The number of phenols is 1. The van der Waals surface area contributed by atoms with Crippen LogP contribution in [0.4, 0.5) is 11.4 Å². The number of benzene rings is 2. The molecular weight excluding hydrogens is 506 g/mol. The summed E-state index contributed by atoms with van der Waals surface area (Å²) < 4.78 is 0.524. The first-order valence-electron chi connectivity index (χ1n) is 12.3. The Balaban J connectivity index is 1.40. The summed E-state index contributed by atoms with van der Waals surface area (Å²) in [6, 6.07) is 16.7. The third-order valence-electron chi connectivity index (χ3n) is 7.03. The van der Waals surface area contributed by atoms with Gasteiger partial charge < -0.3 is 14.9 Å². The SMILES string of the molecule is C=C(C(=O)c1ccc(Cl)s1)C1CC(=O)N(Cc2ccc(N3CCCN=C3C)cc2)c2cccc(O)c2C1. The van der Waals surface area contributed by atoms with E-state index in [-0.39, 0.29) is 23.9 Å². The molecule has 2 aliphatic heterocycles. The molecule has 1 N–H and O–H groups in total. The van der Waals surface area contributed by atoms with Gasteiger partial charge in [-0.1, -0.05) is 36.4 Å². The largest absolute Gasteiger partial charge is 0.508 e. The maximum atomic E-state index is 13.6. The molecule has 0 bridgehead atoms. The summed E-state index contributed by atoms with van der Waals surface area (Å²) >= 11 is 7.22. The molecule has 1 atom stereocenters. The number of hydrogen-bond donors (Lipinski definition) is 1. The van der Waals surface area contributed by atoms with Crippen molar-refractivity contribution in [3.05, 3.63) is 87.1 Å². The van der Waals surface area contributed by atoms with Crippen molar-refractivity contribution < 1.29 is 14.7 Å². The van der Waals surface area contributed by atoms with Crippen molar-refractivity contribution in [3.63, 3.8) is 0 Å². The van der Waals surface area contributed by atoms with Gasteiger partial charge in [0.1, 0.15) is 11.6 Å². The molecule has 2 aliphatic rings. The number of ketones is 1. The van der Waals surface area contributed by atoms with Gasteiger partial charge in [-0.05, 0) is 67.3 Å². The van der Waals surface area contributed by atoms with Crippen molar-refractivity contribution in [3.8, 4) is 5.75 Å². The second-order valence-electron chi connectivity index (χ2n) is 9.42. The zero-order valence-corrected chi connectivity index (χ0v) is 22.2. The van der Waals surface area contributed by atoms with E-state index in [0.29, 0.717) is 39.0 Å². The van der Waals surface area contributed by atoms with E-state index in [0.717, 1.165) is 36.6 Å². The molecule has 0 saturated carbocycles. The number of amides is 1. The molecule has 2 aromatic carbocycles. The number of phenolic OH excluding ortho intramolecular Hbond substituents is 1. The molecule has 0 aliphatic carbocycles. The first-order chi connectivity index (χ1) is 17.8. The third kappa shape index (κ3) is 5.20. The van der Waals surface area contributed by atoms with Gasteiger partial charge in [0.2, 0.25) is 5.91 Å². The van der Waals surface area contributed by atoms with Crippen LogP contribution in [0.2, 0.25) is 4.34 Å². The fourth-order valence-electron chi connectivity index (χ4n) is 5.00. The molecular formula is C29H28ClN3O3S. The lowest BCUT2D eigenvalue weighted by Crippen LogP contribution is -2.33. The first kappa shape index (κ1) is 25.2. The van der Waals surface area contributed by atoms with Crippen molar-refractivity contribution in [2.45, 2.75) is 32.7 Å². The maximum absolute atomic E-state index is 13.6. The number of Topliss-reactive ketones (excluding diaryl/α,β-unsaturated/α-hetero) is 1. The number of halogens is 1. The molecule has 190 valence electrons. The topological polar surface area (TPSA) is 73.2 Å². The van der Waals surface area contributed by atoms with E-state index < -0.39 is 5.92 Å². The minimum Gasteiger partial charge on any atom is -0.508 e. The summed E-state index contributed by atoms with van der Waals surface area (Å²) in [5.41, 5.74) is 3.71. The number of anilines is 2. The summed E-state index contributed by atoms with van der Waals surface area (Å²) in [5, 5.41) is 10.7. The number of amidine groups is 1. The van der Waals surface area contributed by atoms with E-state index in [1.807, 2.05) is 25.1 Å². The normalized spacial score (nSPS) is 17.7. The van der Waals surface area contributed by atoms with Gasteiger partial charge in [0.05, 0.1) is 21.4 Å². The van der Waals surface area contributed by atoms with E-state index in [1.165, 1.54) is 11.3 Å². The summed E-state index contributed by atoms with van der Waals surface area (Å²) in [6.45, 7) is 8.24. The molecule has 6 nitrogen and oxygen atoms in total. The number of carbonyl (C=O) groups excluding carboxylic acids is 2. The van der Waals surface area contributed by atoms with Crippen molar-refractivity contribution in [2.75, 3.05) is 22.9 Å². The molecule has 1 aromatic heterocycles. The number of hydrogen-bond acceptors (Lipinski definition) is 6. The summed E-state index contributed by atoms with van der Waals surface area (Å²) in [5.74, 6) is 0.359. The Bertz CT molecular complexity index is 1400. The molecule has 3 heterocycles. The van der Waals surface area contributed by atoms with Gasteiger partial charge in [0.25, 0.3) is 0 Å². The zero-order chi connectivity index (χ0) is 26.1. The quantitative estimate of drug-likeness (QED) is 0.299. The Morgan fingerprint density at radius 1 is 1.16 bits per heavy atom. The highest BCUT2D eigenvalue weighted by molar-refractivity contribution is 7.18. The third-order valence-corrected chi connectivity index (χ3v) is 8.26. The van der Waals surface area contributed by atoms with Gasteiger partial charge in [-0.3, -0.25) is 14.6 Å². The van der Waals surface area contributed by atoms with Crippen LogP contribution >= 0.6 is 22.9 Å². The predicted octanol–water partition coefficient (Wildman–Crippen LogP) is 6.27. The van der Waals surface area contributed by atoms with Crippen LogP contribution in [0.5, 0.6) is 5.75 Å². The molecule has 1 unspecified atom stereocenters. The summed E-state index contributed by atoms with van der Waals surface area (Å²) in [4.78, 5) is 35.6. The predicted molar refractivity (Wildman–Crippen MR) is 150 cm³/mol. The minimum atomic E-state index is -0.429. The molecule has 3 aromatic rings. The van der Waals surface area contributed by atoms with Crippen LogP contribution in [0.25, 0.3) is 0 Å². The second-order valence-corrected chi connectivity index (χ2v) is 11.1. The van der Waals surface area contributed by atoms with Crippen LogP contribution in [-0.2, 0) is 17.8 Å². The van der Waals surface area contributed by atoms with Gasteiger partial charge in [0, 0.05) is 36.7 Å². The Hall–Kier alpha value is -3.42. The van der Waals surface area contributed by atoms with Crippen LogP contribution in [-0.4, -0.2) is 35.7 Å². The Labute approximate surface area is 225 Å². The van der Waals surface area contributed by atoms with Crippen molar-refractivity contribution in [1.29, 1.82) is 0 Å². The van der Waals surface area contributed by atoms with Crippen LogP contribution in [0.1, 0.15) is 40.6 Å². The average Bonchev–Trinajstić information content (AvgIpc) is 3.28. The van der Waals surface area contributed by atoms with Gasteiger partial charge in [-0.2, -0.15) is 0 Å². The number of fused-ring (bicyclic) bond motifs is 1. The number of nitrogens with zero attached hydrogens (tertiary/aromatic N) is 3. The average molecular weight is 534 g/mol. The Morgan fingerprint density at radius 2 is 1.95 bits per heavy atom. The minimum absolute atomic E-state index is 0.108. The smallest absolute Gasteiger partial charge is 0.227 e. The number of rotatable bonds is 6. The van der Waals surface area contributed by atoms with E-state index in [1.54, 1.807) is 29.2 Å². The van der Waals surface area contributed by atoms with Gasteiger partial charge in [-0.15, -0.1) is 11.3 Å². The standard InChI is InChI=1S/C29H28ClN3O3S/c1-18(29(36)26-11-12-27(30)37-26)21-15-23-24(5-3-6-25(23)34)33(28(35)16-21)17-20-7-9-22(10-8-20)32-14-4-13-31-19(32)2/h3,5-12,21,34H,1,4,13-17H2,2H3. The van der Waals surface area contributed by atoms with Gasteiger partial charge >= 0.3 is 0 Å². The number of allylic oxidation sites excluding steroid dienone is 1. The van der Waals surface area contributed by atoms with E-state index in [9.17, 15) is 14.7 Å². The fourth-order valence-corrected chi connectivity index (χ4v) is 6.01. The van der Waals surface area contributed by atoms with Gasteiger partial charge in [-0.25, -0.2) is 0 Å². The molecule has 8 heteroatoms. The molecule has 37 heavy (non-hydrogen) atoms. The van der Waals surface area contributed by atoms with Crippen LogP contribution in [0.3, 0.4) is 0 Å². The first-order valence-corrected chi connectivity index (χ1v) is 13.5. The lowest BCUT2D eigenvalue weighted by molar-refractivity contribution is -0.119. The molecule has 0 fully saturated rings. The van der Waals surface area contributed by atoms with Crippen LogP contribution in [0, 0.1) is 5.92 Å². The van der Waals surface area contributed by atoms with E-state index in [2.05, 4.69) is 28.6 Å². The van der Waals surface area contributed by atoms with Crippen LogP contribution in [0.15, 0.2) is 71.7 Å². The van der Waals surface area contributed by atoms with Crippen LogP contribution < -0.4 is 9.80 Å². The number of carbonyl (C=O) groups is 2. The summed E-state index contributed by atoms with van der Waals surface area (Å²) in [6.07, 6.45) is 1.50. The lowest BCUT2D eigenvalue weighted by Gasteiger charge is -2.28. The highest BCUT2D eigenvalue weighted by atomic mass is 35.5. The monoisotopic (exact) mass is 533 g/mol. The molecule has 1 amide bonds. The number of thiophene rings is 1. The maximum Gasteiger partial charge on any atom is 0.227 e. The fraction of sp³-hybridized carbons (Fsp3) is 0.276. The van der Waals surface area contributed by atoms with E-state index >= 15 is 0 Å². The lowest BCUT2D eigenvalue weighted by atomic mass is 9.87. The highest BCUT2D eigenvalue weighted by Gasteiger charge is 2.33. The van der Waals surface area contributed by atoms with E-state index in [4.69, 9.17) is 11.6 Å². The van der Waals surface area contributed by atoms with Gasteiger partial charge in [0.15, 0.2) is 5.78 Å². The number of aromatic hydroxyl groups is 1. The second kappa shape index (κ2) is 10.5. The molecule has 5 rings (SSSR count). The molecule has 0 spiro atoms. The highest BCUT2D eigenvalue weighted by Crippen LogP contribution is 2.39. The zero-order valence-electron chi connectivity index (χ0n) is 20.6. The number of aliphatic imine (C=N–C) groups is 1. The van der Waals surface area contributed by atoms with Crippen molar-refractivity contribution in [1.82, 2.24) is 0 Å². The molecule has 0 radical (unpaired) electrons. The Morgan fingerprint density at radius 3 is 2.65 bits per heavy atom.